The summed E-state index contributed by atoms with van der Waals surface area (Å²) in [4.78, 5) is 25.2. The molecule has 0 radical (unpaired) electrons. The summed E-state index contributed by atoms with van der Waals surface area (Å²) in [5.74, 6) is -1.37. The van der Waals surface area contributed by atoms with Gasteiger partial charge in [-0.05, 0) is 19.9 Å². The van der Waals surface area contributed by atoms with Gasteiger partial charge in [0.2, 0.25) is 10.0 Å². The van der Waals surface area contributed by atoms with Crippen LogP contribution in [0.15, 0.2) is 12.2 Å². The molecule has 2 N–H and O–H groups in total. The van der Waals surface area contributed by atoms with Gasteiger partial charge in [-0.15, -0.1) is 0 Å². The lowest BCUT2D eigenvalue weighted by Crippen LogP contribution is -2.59. The molecular formula is C13H23BN2O6S. The third kappa shape index (κ3) is 4.79. The smallest absolute Gasteiger partial charge is 0.497 e. The highest BCUT2D eigenvalue weighted by Gasteiger charge is 2.57. The lowest BCUT2D eigenvalue weighted by molar-refractivity contribution is -0.145. The highest BCUT2D eigenvalue weighted by molar-refractivity contribution is 7.92. The van der Waals surface area contributed by atoms with Gasteiger partial charge in [0, 0.05) is 0 Å². The van der Waals surface area contributed by atoms with E-state index < -0.39 is 33.7 Å². The van der Waals surface area contributed by atoms with Gasteiger partial charge < -0.3 is 9.31 Å². The largest absolute Gasteiger partial charge is 0.626 e. The van der Waals surface area contributed by atoms with Gasteiger partial charge in [0.1, 0.15) is 0 Å². The molecular weight excluding hydrogens is 323 g/mol. The molecule has 1 aliphatic rings. The molecule has 1 unspecified atom stereocenters. The van der Waals surface area contributed by atoms with Crippen molar-refractivity contribution in [1.29, 1.82) is 0 Å². The van der Waals surface area contributed by atoms with Crippen molar-refractivity contribution in [2.75, 3.05) is 20.1 Å². The summed E-state index contributed by atoms with van der Waals surface area (Å²) in [7, 11) is -4.25. The van der Waals surface area contributed by atoms with Crippen LogP contribution in [0.4, 0.5) is 0 Å². The van der Waals surface area contributed by atoms with Gasteiger partial charge in [0.05, 0.1) is 13.1 Å². The van der Waals surface area contributed by atoms with E-state index in [4.69, 9.17) is 14.4 Å². The van der Waals surface area contributed by atoms with E-state index in [1.165, 1.54) is 11.0 Å². The number of hydrogen-bond donors (Lipinski definition) is 1. The predicted molar refractivity (Wildman–Crippen MR) is 85.6 cm³/mol. The van der Waals surface area contributed by atoms with Gasteiger partial charge in [-0.1, -0.05) is 32.4 Å². The first-order chi connectivity index (χ1) is 10.7. The summed E-state index contributed by atoms with van der Waals surface area (Å²) >= 11 is 0. The molecule has 0 bridgehead atoms. The summed E-state index contributed by atoms with van der Waals surface area (Å²) in [6.45, 7) is 3.22. The molecule has 8 nitrogen and oxygen atoms in total. The maximum Gasteiger partial charge on any atom is 0.626 e. The number of allylic oxidation sites excluding steroid dienone is 1. The average Bonchev–Trinajstić information content (AvgIpc) is 2.39. The van der Waals surface area contributed by atoms with Crippen LogP contribution in [0.25, 0.3) is 0 Å². The number of unbranched alkanes of at least 4 members (excludes halogenated alkanes) is 1. The third-order valence-corrected chi connectivity index (χ3v) is 5.29. The number of primary sulfonamides is 1. The maximum absolute atomic E-state index is 12.2. The number of sulfonamides is 1. The van der Waals surface area contributed by atoms with Crippen molar-refractivity contribution >= 4 is 29.1 Å². The molecule has 1 aliphatic heterocycles. The first-order valence-electron chi connectivity index (χ1n) is 7.43. The zero-order valence-corrected chi connectivity index (χ0v) is 14.5. The summed E-state index contributed by atoms with van der Waals surface area (Å²) in [6, 6.07) is 0. The van der Waals surface area contributed by atoms with Gasteiger partial charge in [-0.2, -0.15) is 0 Å². The molecule has 23 heavy (non-hydrogen) atoms. The fourth-order valence-electron chi connectivity index (χ4n) is 2.28. The van der Waals surface area contributed by atoms with Crippen LogP contribution in [-0.4, -0.2) is 57.2 Å². The van der Waals surface area contributed by atoms with Crippen LogP contribution < -0.4 is 5.14 Å². The second kappa shape index (κ2) is 7.94. The lowest BCUT2D eigenvalue weighted by atomic mass is 9.68. The quantitative estimate of drug-likeness (QED) is 0.525. The van der Waals surface area contributed by atoms with Crippen LogP contribution in [0.3, 0.4) is 0 Å². The fraction of sp³-hybridized carbons (Fsp3) is 0.692. The Morgan fingerprint density at radius 1 is 1.26 bits per heavy atom. The molecule has 1 saturated heterocycles. The number of rotatable bonds is 6. The lowest BCUT2D eigenvalue weighted by Gasteiger charge is -2.32. The van der Waals surface area contributed by atoms with Crippen LogP contribution in [0.2, 0.25) is 0 Å². The van der Waals surface area contributed by atoms with Gasteiger partial charge in [-0.25, -0.2) is 13.6 Å². The normalized spacial score (nSPS) is 20.6. The average molecular weight is 346 g/mol. The Bertz CT molecular complexity index is 559. The standard InChI is InChI=1S/C13H23BN2O6S/c1-4-6-7-8-13(5-2,23(15,19)20)14-21-11(17)9-16(3)10-12(18)22-14/h7-8H,4-6,9-10H2,1-3H3,(H2,15,19,20)/b8-7+. The minimum Gasteiger partial charge on any atom is -0.497 e. The summed E-state index contributed by atoms with van der Waals surface area (Å²) < 4.78 is 32.8. The highest BCUT2D eigenvalue weighted by Crippen LogP contribution is 2.28. The van der Waals surface area contributed by atoms with E-state index in [9.17, 15) is 18.0 Å². The fourth-order valence-corrected chi connectivity index (χ4v) is 3.33. The maximum atomic E-state index is 12.2. The van der Waals surface area contributed by atoms with Gasteiger partial charge in [0.25, 0.3) is 0 Å². The Hall–Kier alpha value is -1.39. The Labute approximate surface area is 137 Å². The van der Waals surface area contributed by atoms with Crippen LogP contribution >= 0.6 is 0 Å². The molecule has 0 amide bonds. The van der Waals surface area contributed by atoms with Crippen LogP contribution in [-0.2, 0) is 28.9 Å². The molecule has 130 valence electrons. The molecule has 1 atom stereocenters. The van der Waals surface area contributed by atoms with E-state index in [-0.39, 0.29) is 19.5 Å². The molecule has 1 fully saturated rings. The zero-order chi connectivity index (χ0) is 17.7. The molecule has 1 rings (SSSR count). The number of nitrogens with two attached hydrogens (primary N) is 1. The summed E-state index contributed by atoms with van der Waals surface area (Å²) in [5.41, 5.74) is 0. The second-order valence-electron chi connectivity index (χ2n) is 5.53. The van der Waals surface area contributed by atoms with E-state index in [1.807, 2.05) is 6.92 Å². The molecule has 0 spiro atoms. The Balaban J connectivity index is 3.27. The van der Waals surface area contributed by atoms with E-state index in [0.717, 1.165) is 6.42 Å². The van der Waals surface area contributed by atoms with Crippen molar-refractivity contribution in [2.45, 2.75) is 37.8 Å². The van der Waals surface area contributed by atoms with Crippen LogP contribution in [0.1, 0.15) is 33.1 Å². The van der Waals surface area contributed by atoms with E-state index in [2.05, 4.69) is 0 Å². The summed E-state index contributed by atoms with van der Waals surface area (Å²) in [5, 5.41) is 5.37. The van der Waals surface area contributed by atoms with Crippen molar-refractivity contribution in [3.8, 4) is 0 Å². The number of hydrogen-bond acceptors (Lipinski definition) is 7. The number of nitrogens with zero attached hydrogens (tertiary/aromatic N) is 1. The van der Waals surface area contributed by atoms with E-state index in [1.54, 1.807) is 20.0 Å². The molecule has 1 heterocycles. The Kier molecular flexibility index (Phi) is 6.78. The topological polar surface area (TPSA) is 116 Å². The molecule has 0 aliphatic carbocycles. The van der Waals surface area contributed by atoms with Gasteiger partial charge >= 0.3 is 19.1 Å². The predicted octanol–water partition coefficient (Wildman–Crippen LogP) is -0.161. The van der Waals surface area contributed by atoms with Crippen LogP contribution in [0.5, 0.6) is 0 Å². The van der Waals surface area contributed by atoms with Crippen molar-refractivity contribution in [1.82, 2.24) is 4.90 Å². The number of likely N-dealkylation sites (N-methyl/N-ethyl adjacent to an activating group) is 1. The molecule has 0 saturated carbocycles. The summed E-state index contributed by atoms with van der Waals surface area (Å²) in [6.07, 6.45) is 4.42. The van der Waals surface area contributed by atoms with E-state index in [0.29, 0.717) is 6.42 Å². The SMILES string of the molecule is CCC/C=C/C(CC)(B1OC(=O)CN(C)CC(=O)O1)S(N)(=O)=O. The molecule has 0 aromatic heterocycles. The molecule has 0 aromatic carbocycles. The minimum absolute atomic E-state index is 0.00683. The van der Waals surface area contributed by atoms with Crippen molar-refractivity contribution < 1.29 is 27.3 Å². The Morgan fingerprint density at radius 3 is 2.17 bits per heavy atom. The zero-order valence-electron chi connectivity index (χ0n) is 13.6. The van der Waals surface area contributed by atoms with Gasteiger partial charge in [0.15, 0.2) is 4.65 Å². The number of carbonyl (C=O) groups is 2. The molecule has 10 heteroatoms. The molecule has 0 aromatic rings. The second-order valence-corrected chi connectivity index (χ2v) is 7.38. The van der Waals surface area contributed by atoms with Crippen molar-refractivity contribution in [3.63, 3.8) is 0 Å². The third-order valence-electron chi connectivity index (χ3n) is 3.61. The monoisotopic (exact) mass is 346 g/mol. The first-order valence-corrected chi connectivity index (χ1v) is 8.98. The number of carbonyl (C=O) groups excluding carboxylic acids is 2. The highest BCUT2D eigenvalue weighted by atomic mass is 32.2. The minimum atomic E-state index is -4.20. The Morgan fingerprint density at radius 2 is 1.78 bits per heavy atom. The van der Waals surface area contributed by atoms with Crippen molar-refractivity contribution in [2.24, 2.45) is 5.14 Å². The van der Waals surface area contributed by atoms with Crippen molar-refractivity contribution in [3.05, 3.63) is 12.2 Å². The van der Waals surface area contributed by atoms with Gasteiger partial charge in [-0.3, -0.25) is 14.5 Å². The first kappa shape index (κ1) is 19.7. The van der Waals surface area contributed by atoms with Crippen LogP contribution in [0, 0.1) is 0 Å². The van der Waals surface area contributed by atoms with E-state index >= 15 is 0 Å².